The fourth-order valence-electron chi connectivity index (χ4n) is 3.67. The Morgan fingerprint density at radius 3 is 2.38 bits per heavy atom. The fourth-order valence-corrected chi connectivity index (χ4v) is 3.67. The third kappa shape index (κ3) is 2.21. The summed E-state index contributed by atoms with van der Waals surface area (Å²) in [6, 6.07) is 20.9. The summed E-state index contributed by atoms with van der Waals surface area (Å²) >= 11 is 0. The van der Waals surface area contributed by atoms with Gasteiger partial charge in [0.2, 0.25) is 0 Å². The van der Waals surface area contributed by atoms with E-state index < -0.39 is 0 Å². The smallest absolute Gasteiger partial charge is 0.401 e. The molecule has 1 heterocycles. The van der Waals surface area contributed by atoms with E-state index in [0.29, 0.717) is 0 Å². The van der Waals surface area contributed by atoms with E-state index >= 15 is 0 Å². The highest BCUT2D eigenvalue weighted by molar-refractivity contribution is 6.62. The molecule has 2 aliphatic rings. The van der Waals surface area contributed by atoms with Crippen LogP contribution in [0.3, 0.4) is 0 Å². The van der Waals surface area contributed by atoms with Crippen LogP contribution in [0.25, 0.3) is 0 Å². The predicted octanol–water partition coefficient (Wildman–Crippen LogP) is 3.27. The summed E-state index contributed by atoms with van der Waals surface area (Å²) in [4.78, 5) is 0. The maximum absolute atomic E-state index is 6.50. The number of hydrogen-bond donors (Lipinski definition) is 0. The second kappa shape index (κ2) is 5.32. The molecule has 1 saturated heterocycles. The van der Waals surface area contributed by atoms with Gasteiger partial charge >= 0.3 is 7.12 Å². The van der Waals surface area contributed by atoms with E-state index in [9.17, 15) is 0 Å². The molecule has 0 bridgehead atoms. The molecule has 4 rings (SSSR count). The molecule has 0 amide bonds. The van der Waals surface area contributed by atoms with Crippen LogP contribution in [0.4, 0.5) is 0 Å². The van der Waals surface area contributed by atoms with E-state index in [0.717, 1.165) is 18.3 Å². The highest BCUT2D eigenvalue weighted by Gasteiger charge is 2.53. The molecule has 1 aliphatic carbocycles. The zero-order valence-corrected chi connectivity index (χ0v) is 12.1. The third-order valence-electron chi connectivity index (χ3n) is 4.72. The van der Waals surface area contributed by atoms with Crippen molar-refractivity contribution in [1.82, 2.24) is 0 Å². The minimum Gasteiger partial charge on any atom is -0.401 e. The Bertz CT molecular complexity index is 601. The van der Waals surface area contributed by atoms with Gasteiger partial charge in [-0.15, -0.1) is 0 Å². The molecule has 1 aliphatic heterocycles. The van der Waals surface area contributed by atoms with Gasteiger partial charge in [-0.25, -0.2) is 0 Å². The molecule has 2 fully saturated rings. The van der Waals surface area contributed by atoms with E-state index in [1.54, 1.807) is 0 Å². The van der Waals surface area contributed by atoms with Gasteiger partial charge in [0.05, 0.1) is 6.10 Å². The zero-order chi connectivity index (χ0) is 14.1. The second-order valence-corrected chi connectivity index (χ2v) is 5.99. The van der Waals surface area contributed by atoms with Crippen molar-refractivity contribution in [2.45, 2.75) is 37.4 Å². The van der Waals surface area contributed by atoms with Crippen LogP contribution in [0.1, 0.15) is 31.2 Å². The molecule has 1 saturated carbocycles. The quantitative estimate of drug-likeness (QED) is 0.785. The van der Waals surface area contributed by atoms with E-state index in [4.69, 9.17) is 9.31 Å². The lowest BCUT2D eigenvalue weighted by atomic mass is 9.76. The van der Waals surface area contributed by atoms with Gasteiger partial charge in [0.25, 0.3) is 0 Å². The highest BCUT2D eigenvalue weighted by Crippen LogP contribution is 2.46. The number of hydrogen-bond acceptors (Lipinski definition) is 2. The number of benzene rings is 2. The van der Waals surface area contributed by atoms with Crippen LogP contribution >= 0.6 is 0 Å². The minimum atomic E-state index is -0.264. The van der Waals surface area contributed by atoms with Gasteiger partial charge in [-0.3, -0.25) is 0 Å². The number of fused-ring (bicyclic) bond motifs is 1. The lowest BCUT2D eigenvalue weighted by Gasteiger charge is -2.38. The molecular formula is C18H19BO2. The fraction of sp³-hybridized carbons (Fsp3) is 0.333. The van der Waals surface area contributed by atoms with Crippen molar-refractivity contribution in [2.24, 2.45) is 0 Å². The van der Waals surface area contributed by atoms with Gasteiger partial charge < -0.3 is 9.31 Å². The molecule has 0 unspecified atom stereocenters. The third-order valence-corrected chi connectivity index (χ3v) is 4.72. The van der Waals surface area contributed by atoms with Crippen LogP contribution in [0.2, 0.25) is 0 Å². The van der Waals surface area contributed by atoms with E-state index in [2.05, 4.69) is 42.5 Å². The molecule has 2 aromatic carbocycles. The normalized spacial score (nSPS) is 28.4. The van der Waals surface area contributed by atoms with Gasteiger partial charge in [0.15, 0.2) is 0 Å². The first-order valence-corrected chi connectivity index (χ1v) is 7.82. The minimum absolute atomic E-state index is 0.166. The Balaban J connectivity index is 1.71. The van der Waals surface area contributed by atoms with Crippen molar-refractivity contribution in [2.75, 3.05) is 0 Å². The average molecular weight is 278 g/mol. The Kier molecular flexibility index (Phi) is 3.32. The van der Waals surface area contributed by atoms with Crippen LogP contribution in [-0.2, 0) is 14.9 Å². The highest BCUT2D eigenvalue weighted by atomic mass is 16.7. The van der Waals surface area contributed by atoms with Crippen LogP contribution in [-0.4, -0.2) is 13.2 Å². The van der Waals surface area contributed by atoms with Crippen molar-refractivity contribution in [3.63, 3.8) is 0 Å². The van der Waals surface area contributed by atoms with Crippen LogP contribution in [0.15, 0.2) is 60.7 Å². The lowest BCUT2D eigenvalue weighted by Crippen LogP contribution is -2.40. The molecule has 2 nitrogen and oxygen atoms in total. The summed E-state index contributed by atoms with van der Waals surface area (Å²) in [5.41, 5.74) is 2.11. The van der Waals surface area contributed by atoms with Gasteiger partial charge in [0, 0.05) is 0 Å². The molecule has 21 heavy (non-hydrogen) atoms. The van der Waals surface area contributed by atoms with Crippen molar-refractivity contribution in [1.29, 1.82) is 0 Å². The summed E-state index contributed by atoms with van der Waals surface area (Å²) < 4.78 is 12.8. The Labute approximate surface area is 126 Å². The van der Waals surface area contributed by atoms with Crippen molar-refractivity contribution >= 4 is 12.6 Å². The van der Waals surface area contributed by atoms with Gasteiger partial charge in [-0.1, -0.05) is 73.5 Å². The molecule has 106 valence electrons. The van der Waals surface area contributed by atoms with E-state index in [-0.39, 0.29) is 18.8 Å². The molecule has 2 atom stereocenters. The Morgan fingerprint density at radius 2 is 1.62 bits per heavy atom. The lowest BCUT2D eigenvalue weighted by molar-refractivity contribution is -0.00275. The summed E-state index contributed by atoms with van der Waals surface area (Å²) in [6.07, 6.45) is 4.72. The maximum atomic E-state index is 6.50. The van der Waals surface area contributed by atoms with Gasteiger partial charge in [-0.05, 0) is 23.9 Å². The van der Waals surface area contributed by atoms with E-state index in [1.807, 2.05) is 18.2 Å². The van der Waals surface area contributed by atoms with Crippen LogP contribution in [0.5, 0.6) is 0 Å². The molecule has 0 spiro atoms. The SMILES string of the molecule is c1ccc(B2O[C@H]3CCCC[C@@]3(c3ccccc3)O2)cc1. The van der Waals surface area contributed by atoms with Gasteiger partial charge in [-0.2, -0.15) is 0 Å². The standard InChI is InChI=1S/C18H19BO2/c1-3-9-15(10-4-1)18-14-8-7-13-17(18)20-19(21-18)16-11-5-2-6-12-16/h1-6,9-12,17H,7-8,13-14H2/t17-,18-/m0/s1. The zero-order valence-electron chi connectivity index (χ0n) is 12.1. The van der Waals surface area contributed by atoms with Crippen molar-refractivity contribution in [3.05, 3.63) is 66.2 Å². The number of rotatable bonds is 2. The molecule has 0 aromatic heterocycles. The Hall–Kier alpha value is -1.58. The topological polar surface area (TPSA) is 18.5 Å². The molecular weight excluding hydrogens is 259 g/mol. The van der Waals surface area contributed by atoms with E-state index in [1.165, 1.54) is 18.4 Å². The average Bonchev–Trinajstić information content (AvgIpc) is 2.97. The van der Waals surface area contributed by atoms with Crippen LogP contribution in [0, 0.1) is 0 Å². The molecule has 0 N–H and O–H groups in total. The van der Waals surface area contributed by atoms with Crippen molar-refractivity contribution in [3.8, 4) is 0 Å². The predicted molar refractivity (Wildman–Crippen MR) is 84.4 cm³/mol. The molecule has 2 aromatic rings. The second-order valence-electron chi connectivity index (χ2n) is 5.99. The largest absolute Gasteiger partial charge is 0.494 e. The molecule has 0 radical (unpaired) electrons. The summed E-state index contributed by atoms with van der Waals surface area (Å²) in [7, 11) is -0.241. The first-order chi connectivity index (χ1) is 10.4. The summed E-state index contributed by atoms with van der Waals surface area (Å²) in [5.74, 6) is 0. The van der Waals surface area contributed by atoms with Crippen LogP contribution < -0.4 is 5.46 Å². The summed E-state index contributed by atoms with van der Waals surface area (Å²) in [5, 5.41) is 0. The first kappa shape index (κ1) is 13.1. The Morgan fingerprint density at radius 1 is 0.905 bits per heavy atom. The monoisotopic (exact) mass is 278 g/mol. The van der Waals surface area contributed by atoms with Gasteiger partial charge in [0.1, 0.15) is 5.60 Å². The van der Waals surface area contributed by atoms with Crippen molar-refractivity contribution < 1.29 is 9.31 Å². The maximum Gasteiger partial charge on any atom is 0.494 e. The first-order valence-electron chi connectivity index (χ1n) is 7.82. The molecule has 3 heteroatoms. The summed E-state index contributed by atoms with van der Waals surface area (Å²) in [6.45, 7) is 0.